The van der Waals surface area contributed by atoms with Gasteiger partial charge in [-0.2, -0.15) is 0 Å². The highest BCUT2D eigenvalue weighted by Gasteiger charge is 2.33. The van der Waals surface area contributed by atoms with Gasteiger partial charge < -0.3 is 15.7 Å². The van der Waals surface area contributed by atoms with Crippen LogP contribution in [0.3, 0.4) is 0 Å². The van der Waals surface area contributed by atoms with Gasteiger partial charge in [-0.1, -0.05) is 5.92 Å². The molecule has 0 amide bonds. The Morgan fingerprint density at radius 1 is 1.50 bits per heavy atom. The van der Waals surface area contributed by atoms with Crippen LogP contribution >= 0.6 is 24.0 Å². The van der Waals surface area contributed by atoms with Crippen LogP contribution in [-0.4, -0.2) is 36.3 Å². The third kappa shape index (κ3) is 5.03. The minimum absolute atomic E-state index is 0. The van der Waals surface area contributed by atoms with Crippen LogP contribution < -0.4 is 10.6 Å². The number of aliphatic imine (C=N–C) groups is 1. The Bertz CT molecular complexity index is 269. The van der Waals surface area contributed by atoms with Crippen molar-refractivity contribution < 1.29 is 5.11 Å². The van der Waals surface area contributed by atoms with Crippen molar-refractivity contribution >= 4 is 29.9 Å². The Hall–Kier alpha value is -0.480. The van der Waals surface area contributed by atoms with Crippen LogP contribution in [0.1, 0.15) is 26.2 Å². The minimum Gasteiger partial charge on any atom is -0.388 e. The van der Waals surface area contributed by atoms with E-state index in [0.717, 1.165) is 25.8 Å². The molecule has 0 aromatic rings. The molecular formula is C11H20IN3O. The van der Waals surface area contributed by atoms with E-state index in [4.69, 9.17) is 6.42 Å². The molecule has 1 rings (SSSR count). The molecule has 0 atom stereocenters. The number of nitrogens with one attached hydrogen (secondary N) is 2. The molecule has 0 spiro atoms. The predicted octanol–water partition coefficient (Wildman–Crippen LogP) is 0.708. The molecule has 1 aliphatic carbocycles. The molecule has 0 saturated heterocycles. The Kier molecular flexibility index (Phi) is 7.51. The molecule has 3 N–H and O–H groups in total. The lowest BCUT2D eigenvalue weighted by Crippen LogP contribution is -2.43. The SMILES string of the molecule is C#CCNC(=NCC1(O)CCC1)NCC.I. The van der Waals surface area contributed by atoms with Crippen LogP contribution in [0.15, 0.2) is 4.99 Å². The van der Waals surface area contributed by atoms with E-state index in [1.165, 1.54) is 0 Å². The van der Waals surface area contributed by atoms with Crippen molar-refractivity contribution in [2.24, 2.45) is 4.99 Å². The van der Waals surface area contributed by atoms with Gasteiger partial charge in [-0.15, -0.1) is 30.4 Å². The van der Waals surface area contributed by atoms with Crippen molar-refractivity contribution in [1.29, 1.82) is 0 Å². The topological polar surface area (TPSA) is 56.7 Å². The third-order valence-electron chi connectivity index (χ3n) is 2.52. The van der Waals surface area contributed by atoms with E-state index in [1.807, 2.05) is 6.92 Å². The monoisotopic (exact) mass is 337 g/mol. The lowest BCUT2D eigenvalue weighted by atomic mass is 9.80. The summed E-state index contributed by atoms with van der Waals surface area (Å²) in [6, 6.07) is 0. The highest BCUT2D eigenvalue weighted by Crippen LogP contribution is 2.31. The van der Waals surface area contributed by atoms with Crippen molar-refractivity contribution in [2.75, 3.05) is 19.6 Å². The van der Waals surface area contributed by atoms with Crippen LogP contribution in [0.5, 0.6) is 0 Å². The van der Waals surface area contributed by atoms with Gasteiger partial charge >= 0.3 is 0 Å². The lowest BCUT2D eigenvalue weighted by Gasteiger charge is -2.35. The predicted molar refractivity (Wildman–Crippen MR) is 77.0 cm³/mol. The first-order valence-electron chi connectivity index (χ1n) is 5.38. The molecule has 0 radical (unpaired) electrons. The molecule has 0 unspecified atom stereocenters. The highest BCUT2D eigenvalue weighted by molar-refractivity contribution is 14.0. The maximum atomic E-state index is 9.85. The molecule has 1 aliphatic rings. The lowest BCUT2D eigenvalue weighted by molar-refractivity contribution is -0.0236. The molecule has 1 saturated carbocycles. The first kappa shape index (κ1) is 15.5. The summed E-state index contributed by atoms with van der Waals surface area (Å²) in [7, 11) is 0. The molecule has 0 aromatic heterocycles. The number of aliphatic hydroxyl groups is 1. The number of hydrogen-bond acceptors (Lipinski definition) is 2. The Morgan fingerprint density at radius 3 is 2.62 bits per heavy atom. The average molecular weight is 337 g/mol. The largest absolute Gasteiger partial charge is 0.388 e. The summed E-state index contributed by atoms with van der Waals surface area (Å²) < 4.78 is 0. The summed E-state index contributed by atoms with van der Waals surface area (Å²) in [6.07, 6.45) is 7.95. The zero-order chi connectivity index (χ0) is 11.1. The van der Waals surface area contributed by atoms with Gasteiger partial charge in [0.05, 0.1) is 18.7 Å². The number of hydrogen-bond donors (Lipinski definition) is 3. The molecule has 92 valence electrons. The molecule has 5 heteroatoms. The van der Waals surface area contributed by atoms with E-state index in [0.29, 0.717) is 19.0 Å². The zero-order valence-electron chi connectivity index (χ0n) is 9.62. The maximum Gasteiger partial charge on any atom is 0.192 e. The van der Waals surface area contributed by atoms with Crippen molar-refractivity contribution in [3.63, 3.8) is 0 Å². The number of halogens is 1. The molecule has 0 aromatic carbocycles. The normalized spacial score (nSPS) is 17.7. The van der Waals surface area contributed by atoms with Crippen molar-refractivity contribution in [3.8, 4) is 12.3 Å². The van der Waals surface area contributed by atoms with E-state index in [2.05, 4.69) is 21.5 Å². The third-order valence-corrected chi connectivity index (χ3v) is 2.52. The van der Waals surface area contributed by atoms with Gasteiger partial charge in [0.2, 0.25) is 0 Å². The summed E-state index contributed by atoms with van der Waals surface area (Å²) >= 11 is 0. The van der Waals surface area contributed by atoms with Crippen molar-refractivity contribution in [2.45, 2.75) is 31.8 Å². The van der Waals surface area contributed by atoms with Crippen LogP contribution in [0.25, 0.3) is 0 Å². The van der Waals surface area contributed by atoms with Crippen LogP contribution in [0, 0.1) is 12.3 Å². The quantitative estimate of drug-likeness (QED) is 0.307. The van der Waals surface area contributed by atoms with E-state index < -0.39 is 5.60 Å². The van der Waals surface area contributed by atoms with Crippen LogP contribution in [0.2, 0.25) is 0 Å². The second-order valence-corrected chi connectivity index (χ2v) is 3.83. The van der Waals surface area contributed by atoms with Crippen molar-refractivity contribution in [3.05, 3.63) is 0 Å². The van der Waals surface area contributed by atoms with Gasteiger partial charge in [-0.05, 0) is 26.2 Å². The fraction of sp³-hybridized carbons (Fsp3) is 0.727. The van der Waals surface area contributed by atoms with E-state index >= 15 is 0 Å². The fourth-order valence-electron chi connectivity index (χ4n) is 1.45. The van der Waals surface area contributed by atoms with Gasteiger partial charge in [0.25, 0.3) is 0 Å². The molecule has 0 bridgehead atoms. The molecule has 0 aliphatic heterocycles. The highest BCUT2D eigenvalue weighted by atomic mass is 127. The zero-order valence-corrected chi connectivity index (χ0v) is 12.0. The summed E-state index contributed by atoms with van der Waals surface area (Å²) in [5.41, 5.74) is -0.571. The van der Waals surface area contributed by atoms with Gasteiger partial charge in [-0.25, -0.2) is 0 Å². The van der Waals surface area contributed by atoms with Gasteiger partial charge in [0.15, 0.2) is 5.96 Å². The standard InChI is InChI=1S/C11H19N3O.HI/c1-3-8-13-10(12-4-2)14-9-11(15)6-5-7-11;/h1,15H,4-9H2,2H3,(H2,12,13,14);1H. The smallest absolute Gasteiger partial charge is 0.192 e. The molecular weight excluding hydrogens is 317 g/mol. The van der Waals surface area contributed by atoms with Gasteiger partial charge in [-0.3, -0.25) is 4.99 Å². The fourth-order valence-corrected chi connectivity index (χ4v) is 1.45. The first-order chi connectivity index (χ1) is 7.20. The summed E-state index contributed by atoms with van der Waals surface area (Å²) in [4.78, 5) is 4.29. The maximum absolute atomic E-state index is 9.85. The van der Waals surface area contributed by atoms with Crippen LogP contribution in [0.4, 0.5) is 0 Å². The minimum atomic E-state index is -0.571. The first-order valence-corrected chi connectivity index (χ1v) is 5.38. The Labute approximate surface area is 114 Å². The Morgan fingerprint density at radius 2 is 2.19 bits per heavy atom. The van der Waals surface area contributed by atoms with E-state index in [1.54, 1.807) is 0 Å². The molecule has 1 fully saturated rings. The average Bonchev–Trinajstić information content (AvgIpc) is 2.19. The van der Waals surface area contributed by atoms with E-state index in [-0.39, 0.29) is 24.0 Å². The van der Waals surface area contributed by atoms with E-state index in [9.17, 15) is 5.11 Å². The summed E-state index contributed by atoms with van der Waals surface area (Å²) in [6.45, 7) is 3.68. The summed E-state index contributed by atoms with van der Waals surface area (Å²) in [5.74, 6) is 3.16. The van der Waals surface area contributed by atoms with Gasteiger partial charge in [0, 0.05) is 6.54 Å². The summed E-state index contributed by atoms with van der Waals surface area (Å²) in [5, 5.41) is 15.9. The number of rotatable bonds is 4. The number of terminal acetylenes is 1. The molecule has 0 heterocycles. The molecule has 4 nitrogen and oxygen atoms in total. The number of guanidine groups is 1. The van der Waals surface area contributed by atoms with Crippen LogP contribution in [-0.2, 0) is 0 Å². The number of nitrogens with zero attached hydrogens (tertiary/aromatic N) is 1. The van der Waals surface area contributed by atoms with Crippen molar-refractivity contribution in [1.82, 2.24) is 10.6 Å². The second-order valence-electron chi connectivity index (χ2n) is 3.83. The van der Waals surface area contributed by atoms with Gasteiger partial charge in [0.1, 0.15) is 0 Å². The Balaban J connectivity index is 0.00000225. The second kappa shape index (κ2) is 7.74. The molecule has 16 heavy (non-hydrogen) atoms.